The van der Waals surface area contributed by atoms with Crippen molar-refractivity contribution in [2.45, 2.75) is 4.21 Å². The van der Waals surface area contributed by atoms with Crippen molar-refractivity contribution >= 4 is 44.1 Å². The zero-order valence-corrected chi connectivity index (χ0v) is 18.2. The smallest absolute Gasteiger partial charge is 0.248 e. The van der Waals surface area contributed by atoms with E-state index in [4.69, 9.17) is 5.14 Å². The number of ketones is 1. The molecule has 5 aromatic rings. The van der Waals surface area contributed by atoms with Crippen LogP contribution in [-0.2, 0) is 10.0 Å². The van der Waals surface area contributed by atoms with Crippen LogP contribution in [-0.4, -0.2) is 28.8 Å². The maximum atomic E-state index is 12.8. The summed E-state index contributed by atoms with van der Waals surface area (Å²) >= 11 is 2.45. The van der Waals surface area contributed by atoms with Crippen molar-refractivity contribution in [3.63, 3.8) is 0 Å². The second-order valence-electron chi connectivity index (χ2n) is 6.68. The number of nitrogens with zero attached hydrogens (tertiary/aromatic N) is 3. The molecule has 10 heteroatoms. The summed E-state index contributed by atoms with van der Waals surface area (Å²) in [7, 11) is -3.82. The highest BCUT2D eigenvalue weighted by molar-refractivity contribution is 7.91. The standard InChI is InChI=1S/C21H14N4O3S3/c22-31(27,28)21-15(7-10-30-21)13-3-1-4-14(11-13)17-6-8-23-20-16(12-24-25(17)20)19(26)18-5-2-9-29-18/h1-12H,(H2,22,27,28). The zero-order chi connectivity index (χ0) is 21.6. The van der Waals surface area contributed by atoms with Crippen LogP contribution in [0.1, 0.15) is 15.2 Å². The number of rotatable bonds is 5. The molecule has 0 unspecified atom stereocenters. The Hall–Kier alpha value is -3.18. The first-order valence-corrected chi connectivity index (χ1v) is 12.4. The fourth-order valence-corrected chi connectivity index (χ4v) is 5.90. The van der Waals surface area contributed by atoms with Crippen molar-refractivity contribution in [2.75, 3.05) is 0 Å². The molecule has 31 heavy (non-hydrogen) atoms. The SMILES string of the molecule is NS(=O)(=O)c1sccc1-c1cccc(-c2ccnc3c(C(=O)c4cccs4)cnn23)c1. The largest absolute Gasteiger partial charge is 0.287 e. The Morgan fingerprint density at radius 1 is 1.00 bits per heavy atom. The molecule has 5 rings (SSSR count). The average molecular weight is 467 g/mol. The first kappa shape index (κ1) is 19.8. The van der Waals surface area contributed by atoms with Crippen LogP contribution in [0.15, 0.2) is 75.9 Å². The van der Waals surface area contributed by atoms with Crippen LogP contribution in [0.25, 0.3) is 28.0 Å². The molecule has 0 amide bonds. The number of thiophene rings is 2. The minimum atomic E-state index is -3.82. The molecule has 0 aliphatic heterocycles. The van der Waals surface area contributed by atoms with Gasteiger partial charge in [0, 0.05) is 17.3 Å². The molecule has 2 N–H and O–H groups in total. The van der Waals surface area contributed by atoms with Gasteiger partial charge in [0.2, 0.25) is 15.8 Å². The lowest BCUT2D eigenvalue weighted by Crippen LogP contribution is -2.11. The lowest BCUT2D eigenvalue weighted by Gasteiger charge is -2.08. The van der Waals surface area contributed by atoms with Gasteiger partial charge in [0.25, 0.3) is 0 Å². The monoisotopic (exact) mass is 466 g/mol. The normalized spacial score (nSPS) is 11.8. The number of benzene rings is 1. The molecule has 0 bridgehead atoms. The van der Waals surface area contributed by atoms with Gasteiger partial charge in [-0.05, 0) is 40.6 Å². The van der Waals surface area contributed by atoms with Gasteiger partial charge in [-0.3, -0.25) is 4.79 Å². The number of primary sulfonamides is 1. The number of fused-ring (bicyclic) bond motifs is 1. The molecule has 7 nitrogen and oxygen atoms in total. The van der Waals surface area contributed by atoms with E-state index in [1.165, 1.54) is 17.5 Å². The molecule has 0 saturated heterocycles. The Morgan fingerprint density at radius 2 is 1.84 bits per heavy atom. The van der Waals surface area contributed by atoms with Crippen LogP contribution in [0.5, 0.6) is 0 Å². The average Bonchev–Trinajstić information content (AvgIpc) is 3.53. The summed E-state index contributed by atoms with van der Waals surface area (Å²) in [5.41, 5.74) is 3.68. The van der Waals surface area contributed by atoms with E-state index in [0.717, 1.165) is 28.2 Å². The molecule has 4 heterocycles. The van der Waals surface area contributed by atoms with E-state index in [2.05, 4.69) is 10.1 Å². The van der Waals surface area contributed by atoms with E-state index >= 15 is 0 Å². The maximum absolute atomic E-state index is 12.8. The molecule has 1 aromatic carbocycles. The van der Waals surface area contributed by atoms with Gasteiger partial charge in [-0.1, -0.05) is 24.3 Å². The van der Waals surface area contributed by atoms with Crippen LogP contribution >= 0.6 is 22.7 Å². The van der Waals surface area contributed by atoms with Gasteiger partial charge >= 0.3 is 0 Å². The third-order valence-electron chi connectivity index (χ3n) is 4.75. The van der Waals surface area contributed by atoms with Gasteiger partial charge < -0.3 is 0 Å². The van der Waals surface area contributed by atoms with Crippen LogP contribution < -0.4 is 5.14 Å². The number of hydrogen-bond acceptors (Lipinski definition) is 7. The van der Waals surface area contributed by atoms with Crippen LogP contribution in [0.3, 0.4) is 0 Å². The summed E-state index contributed by atoms with van der Waals surface area (Å²) in [4.78, 5) is 17.8. The second-order valence-corrected chi connectivity index (χ2v) is 10.3. The molecule has 0 atom stereocenters. The van der Waals surface area contributed by atoms with Crippen molar-refractivity contribution in [3.05, 3.63) is 82.1 Å². The second kappa shape index (κ2) is 7.50. The lowest BCUT2D eigenvalue weighted by molar-refractivity contribution is 0.104. The van der Waals surface area contributed by atoms with Gasteiger partial charge in [0.1, 0.15) is 4.21 Å². The van der Waals surface area contributed by atoms with Crippen molar-refractivity contribution in [1.82, 2.24) is 14.6 Å². The number of hydrogen-bond donors (Lipinski definition) is 1. The summed E-state index contributed by atoms with van der Waals surface area (Å²) in [6.45, 7) is 0. The molecule has 0 aliphatic carbocycles. The zero-order valence-electron chi connectivity index (χ0n) is 15.8. The fourth-order valence-electron chi connectivity index (χ4n) is 3.39. The van der Waals surface area contributed by atoms with Crippen LogP contribution in [0, 0.1) is 0 Å². The van der Waals surface area contributed by atoms with E-state index in [-0.39, 0.29) is 9.99 Å². The van der Waals surface area contributed by atoms with Crippen LogP contribution in [0.4, 0.5) is 0 Å². The Balaban J connectivity index is 1.62. The molecule has 154 valence electrons. The molecule has 4 aromatic heterocycles. The molecule has 0 saturated carbocycles. The van der Waals surface area contributed by atoms with E-state index in [9.17, 15) is 13.2 Å². The van der Waals surface area contributed by atoms with Crippen molar-refractivity contribution < 1.29 is 13.2 Å². The highest BCUT2D eigenvalue weighted by Crippen LogP contribution is 2.34. The van der Waals surface area contributed by atoms with Gasteiger partial charge in [-0.25, -0.2) is 23.1 Å². The highest BCUT2D eigenvalue weighted by Gasteiger charge is 2.20. The fraction of sp³-hybridized carbons (Fsp3) is 0. The molecule has 0 fully saturated rings. The molecule has 0 aliphatic rings. The van der Waals surface area contributed by atoms with Gasteiger partial charge in [-0.15, -0.1) is 22.7 Å². The predicted molar refractivity (Wildman–Crippen MR) is 121 cm³/mol. The van der Waals surface area contributed by atoms with Crippen molar-refractivity contribution in [1.29, 1.82) is 0 Å². The Labute approximate surface area is 185 Å². The number of carbonyl (C=O) groups is 1. The highest BCUT2D eigenvalue weighted by atomic mass is 32.2. The van der Waals surface area contributed by atoms with E-state index in [1.54, 1.807) is 34.3 Å². The van der Waals surface area contributed by atoms with E-state index < -0.39 is 10.0 Å². The molecule has 0 radical (unpaired) electrons. The minimum absolute atomic E-state index is 0.118. The number of aromatic nitrogens is 3. The topological polar surface area (TPSA) is 107 Å². The Kier molecular flexibility index (Phi) is 4.78. The lowest BCUT2D eigenvalue weighted by atomic mass is 10.0. The third kappa shape index (κ3) is 3.49. The maximum Gasteiger partial charge on any atom is 0.248 e. The molecule has 0 spiro atoms. The predicted octanol–water partition coefficient (Wildman–Crippen LogP) is 4.06. The third-order valence-corrected chi connectivity index (χ3v) is 8.05. The summed E-state index contributed by atoms with van der Waals surface area (Å²) < 4.78 is 25.6. The Bertz CT molecular complexity index is 1530. The number of carbonyl (C=O) groups excluding carboxylic acids is 1. The van der Waals surface area contributed by atoms with E-state index in [0.29, 0.717) is 21.7 Å². The van der Waals surface area contributed by atoms with E-state index in [1.807, 2.05) is 35.7 Å². The Morgan fingerprint density at radius 3 is 2.61 bits per heavy atom. The van der Waals surface area contributed by atoms with Gasteiger partial charge in [-0.2, -0.15) is 5.10 Å². The number of sulfonamides is 1. The molecular weight excluding hydrogens is 452 g/mol. The summed E-state index contributed by atoms with van der Waals surface area (Å²) in [6, 6.07) is 14.6. The van der Waals surface area contributed by atoms with Crippen molar-refractivity contribution in [3.8, 4) is 22.4 Å². The quantitative estimate of drug-likeness (QED) is 0.393. The van der Waals surface area contributed by atoms with Gasteiger partial charge in [0.05, 0.1) is 22.3 Å². The van der Waals surface area contributed by atoms with Crippen molar-refractivity contribution in [2.24, 2.45) is 5.14 Å². The first-order chi connectivity index (χ1) is 14.9. The summed E-state index contributed by atoms with van der Waals surface area (Å²) in [5.74, 6) is -0.125. The molecular formula is C21H14N4O3S3. The summed E-state index contributed by atoms with van der Waals surface area (Å²) in [6.07, 6.45) is 3.15. The summed E-state index contributed by atoms with van der Waals surface area (Å²) in [5, 5.41) is 13.3. The minimum Gasteiger partial charge on any atom is -0.287 e. The van der Waals surface area contributed by atoms with Gasteiger partial charge in [0.15, 0.2) is 5.65 Å². The first-order valence-electron chi connectivity index (χ1n) is 9.05. The van der Waals surface area contributed by atoms with Crippen LogP contribution in [0.2, 0.25) is 0 Å². The number of nitrogens with two attached hydrogens (primary N) is 1.